The number of halogens is 1. The van der Waals surface area contributed by atoms with Crippen LogP contribution in [-0.2, 0) is 0 Å². The van der Waals surface area contributed by atoms with E-state index in [1.165, 1.54) is 29.5 Å². The molecule has 0 radical (unpaired) electrons. The van der Waals surface area contributed by atoms with Crippen molar-refractivity contribution in [2.24, 2.45) is 0 Å². The summed E-state index contributed by atoms with van der Waals surface area (Å²) in [6.07, 6.45) is 0.963. The van der Waals surface area contributed by atoms with E-state index in [0.717, 1.165) is 13.0 Å². The summed E-state index contributed by atoms with van der Waals surface area (Å²) in [5.74, 6) is -0.798. The molecule has 1 heterocycles. The monoisotopic (exact) mass is 280 g/mol. The molecule has 100 valence electrons. The minimum absolute atomic E-state index is 0.239. The van der Waals surface area contributed by atoms with Crippen LogP contribution in [0.3, 0.4) is 0 Å². The van der Waals surface area contributed by atoms with E-state index in [4.69, 9.17) is 0 Å². The van der Waals surface area contributed by atoms with Crippen molar-refractivity contribution < 1.29 is 9.18 Å². The molecule has 0 fully saturated rings. The molecule has 0 aliphatic heterocycles. The topological polar surface area (TPSA) is 66.9 Å². The summed E-state index contributed by atoms with van der Waals surface area (Å²) in [4.78, 5) is 11.9. The maximum Gasteiger partial charge on any atom is 0.286 e. The quantitative estimate of drug-likeness (QED) is 0.883. The fourth-order valence-corrected chi connectivity index (χ4v) is 2.03. The minimum Gasteiger partial charge on any atom is -0.360 e. The maximum absolute atomic E-state index is 13.0. The maximum atomic E-state index is 13.0. The molecule has 2 rings (SSSR count). The zero-order valence-electron chi connectivity index (χ0n) is 10.3. The number of hydrogen-bond donors (Lipinski definition) is 2. The van der Waals surface area contributed by atoms with Crippen molar-refractivity contribution in [3.05, 3.63) is 35.1 Å². The number of carbonyl (C=O) groups excluding carboxylic acids is 1. The molecule has 2 N–H and O–H groups in total. The molecular weight excluding hydrogens is 267 g/mol. The van der Waals surface area contributed by atoms with Crippen LogP contribution in [0, 0.1) is 5.82 Å². The van der Waals surface area contributed by atoms with E-state index >= 15 is 0 Å². The first-order chi connectivity index (χ1) is 9.19. The average molecular weight is 280 g/mol. The third-order valence-corrected chi connectivity index (χ3v) is 3.11. The standard InChI is InChI=1S/C12H13FN4OS/c1-2-6-14-12-17-16-11(19-12)10(18)15-9-5-3-4-8(13)7-9/h3-5,7H,2,6H2,1H3,(H,14,17)(H,15,18). The molecule has 0 bridgehead atoms. The van der Waals surface area contributed by atoms with Crippen LogP contribution in [0.1, 0.15) is 23.1 Å². The molecule has 0 saturated carbocycles. The first-order valence-corrected chi connectivity index (χ1v) is 6.65. The Labute approximate surface area is 113 Å². The van der Waals surface area contributed by atoms with Gasteiger partial charge in [-0.1, -0.05) is 24.3 Å². The predicted molar refractivity (Wildman–Crippen MR) is 73.0 cm³/mol. The van der Waals surface area contributed by atoms with Crippen LogP contribution >= 0.6 is 11.3 Å². The number of amides is 1. The minimum atomic E-state index is -0.402. The molecule has 0 saturated heterocycles. The van der Waals surface area contributed by atoms with Crippen molar-refractivity contribution in [2.75, 3.05) is 17.2 Å². The summed E-state index contributed by atoms with van der Waals surface area (Å²) in [6.45, 7) is 2.81. The van der Waals surface area contributed by atoms with Crippen LogP contribution in [0.25, 0.3) is 0 Å². The number of nitrogens with zero attached hydrogens (tertiary/aromatic N) is 2. The summed E-state index contributed by atoms with van der Waals surface area (Å²) in [5.41, 5.74) is 0.392. The Morgan fingerprint density at radius 2 is 2.26 bits per heavy atom. The molecule has 1 aromatic heterocycles. The van der Waals surface area contributed by atoms with Crippen LogP contribution in [0.2, 0.25) is 0 Å². The van der Waals surface area contributed by atoms with E-state index in [2.05, 4.69) is 20.8 Å². The van der Waals surface area contributed by atoms with Crippen LogP contribution in [0.5, 0.6) is 0 Å². The van der Waals surface area contributed by atoms with Crippen LogP contribution in [0.15, 0.2) is 24.3 Å². The molecule has 0 aliphatic rings. The van der Waals surface area contributed by atoms with Gasteiger partial charge < -0.3 is 10.6 Å². The zero-order valence-corrected chi connectivity index (χ0v) is 11.1. The second kappa shape index (κ2) is 6.24. The lowest BCUT2D eigenvalue weighted by Crippen LogP contribution is -2.11. The molecule has 0 spiro atoms. The van der Waals surface area contributed by atoms with Gasteiger partial charge in [0, 0.05) is 12.2 Å². The fraction of sp³-hybridized carbons (Fsp3) is 0.250. The summed E-state index contributed by atoms with van der Waals surface area (Å²) in [5, 5.41) is 14.1. The highest BCUT2D eigenvalue weighted by Crippen LogP contribution is 2.17. The van der Waals surface area contributed by atoms with Crippen LogP contribution in [0.4, 0.5) is 15.2 Å². The Morgan fingerprint density at radius 1 is 1.42 bits per heavy atom. The number of benzene rings is 1. The highest BCUT2D eigenvalue weighted by Gasteiger charge is 2.12. The fourth-order valence-electron chi connectivity index (χ4n) is 1.37. The van der Waals surface area contributed by atoms with Crippen molar-refractivity contribution in [1.82, 2.24) is 10.2 Å². The van der Waals surface area contributed by atoms with Gasteiger partial charge in [-0.15, -0.1) is 10.2 Å². The number of anilines is 2. The van der Waals surface area contributed by atoms with E-state index < -0.39 is 11.7 Å². The Hall–Kier alpha value is -2.02. The lowest BCUT2D eigenvalue weighted by Gasteiger charge is -2.01. The lowest BCUT2D eigenvalue weighted by molar-refractivity contribution is 0.102. The number of carbonyl (C=O) groups is 1. The molecular formula is C12H13FN4OS. The Morgan fingerprint density at radius 3 is 3.00 bits per heavy atom. The van der Waals surface area contributed by atoms with E-state index in [9.17, 15) is 9.18 Å². The Balaban J connectivity index is 2.01. The van der Waals surface area contributed by atoms with Gasteiger partial charge in [0.25, 0.3) is 5.91 Å². The van der Waals surface area contributed by atoms with Crippen molar-refractivity contribution in [2.45, 2.75) is 13.3 Å². The highest BCUT2D eigenvalue weighted by molar-refractivity contribution is 7.17. The molecule has 1 amide bonds. The van der Waals surface area contributed by atoms with E-state index in [1.807, 2.05) is 6.92 Å². The number of hydrogen-bond acceptors (Lipinski definition) is 5. The molecule has 0 unspecified atom stereocenters. The van der Waals surface area contributed by atoms with Crippen molar-refractivity contribution >= 4 is 28.1 Å². The van der Waals surface area contributed by atoms with Gasteiger partial charge in [-0.2, -0.15) is 0 Å². The average Bonchev–Trinajstić information content (AvgIpc) is 2.85. The third-order valence-electron chi connectivity index (χ3n) is 2.23. The van der Waals surface area contributed by atoms with Gasteiger partial charge in [-0.25, -0.2) is 4.39 Å². The Bertz CT molecular complexity index is 572. The first kappa shape index (κ1) is 13.4. The van der Waals surface area contributed by atoms with Gasteiger partial charge in [-0.05, 0) is 24.6 Å². The summed E-state index contributed by atoms with van der Waals surface area (Å²) >= 11 is 1.17. The molecule has 0 aliphatic carbocycles. The van der Waals surface area contributed by atoms with Gasteiger partial charge in [0.1, 0.15) is 5.82 Å². The number of aromatic nitrogens is 2. The van der Waals surface area contributed by atoms with Crippen LogP contribution < -0.4 is 10.6 Å². The van der Waals surface area contributed by atoms with Gasteiger partial charge >= 0.3 is 0 Å². The van der Waals surface area contributed by atoms with E-state index in [1.54, 1.807) is 6.07 Å². The first-order valence-electron chi connectivity index (χ1n) is 5.83. The summed E-state index contributed by atoms with van der Waals surface area (Å²) < 4.78 is 13.0. The Kier molecular flexibility index (Phi) is 4.40. The molecule has 7 heteroatoms. The van der Waals surface area contributed by atoms with Gasteiger partial charge in [0.15, 0.2) is 0 Å². The number of nitrogens with one attached hydrogen (secondary N) is 2. The SMILES string of the molecule is CCCNc1nnc(C(=O)Nc2cccc(F)c2)s1. The van der Waals surface area contributed by atoms with Crippen molar-refractivity contribution in [1.29, 1.82) is 0 Å². The van der Waals surface area contributed by atoms with E-state index in [-0.39, 0.29) is 5.01 Å². The molecule has 0 atom stereocenters. The zero-order chi connectivity index (χ0) is 13.7. The largest absolute Gasteiger partial charge is 0.360 e. The molecule has 5 nitrogen and oxygen atoms in total. The van der Waals surface area contributed by atoms with Crippen molar-refractivity contribution in [3.8, 4) is 0 Å². The normalized spacial score (nSPS) is 10.2. The van der Waals surface area contributed by atoms with Gasteiger partial charge in [0.05, 0.1) is 0 Å². The molecule has 1 aromatic carbocycles. The molecule has 2 aromatic rings. The van der Waals surface area contributed by atoms with Gasteiger partial charge in [0.2, 0.25) is 10.1 Å². The summed E-state index contributed by atoms with van der Waals surface area (Å²) in [6, 6.07) is 5.69. The van der Waals surface area contributed by atoms with Crippen molar-refractivity contribution in [3.63, 3.8) is 0 Å². The van der Waals surface area contributed by atoms with E-state index in [0.29, 0.717) is 10.8 Å². The van der Waals surface area contributed by atoms with Crippen LogP contribution in [-0.4, -0.2) is 22.6 Å². The smallest absolute Gasteiger partial charge is 0.286 e. The second-order valence-corrected chi connectivity index (χ2v) is 4.78. The second-order valence-electron chi connectivity index (χ2n) is 3.80. The summed E-state index contributed by atoms with van der Waals surface area (Å²) in [7, 11) is 0. The lowest BCUT2D eigenvalue weighted by atomic mass is 10.3. The third kappa shape index (κ3) is 3.72. The predicted octanol–water partition coefficient (Wildman–Crippen LogP) is 2.75. The number of rotatable bonds is 5. The highest BCUT2D eigenvalue weighted by atomic mass is 32.1. The van der Waals surface area contributed by atoms with Gasteiger partial charge in [-0.3, -0.25) is 4.79 Å². The molecule has 19 heavy (non-hydrogen) atoms.